The number of Topliss-reactive ketones (excluding diaryl/α,β-unsaturated/α-hetero) is 1. The van der Waals surface area contributed by atoms with Crippen LogP contribution in [0.4, 0.5) is 0 Å². The van der Waals surface area contributed by atoms with Crippen LogP contribution in [0.5, 0.6) is 0 Å². The van der Waals surface area contributed by atoms with Gasteiger partial charge in [-0.15, -0.1) is 0 Å². The zero-order valence-electron chi connectivity index (χ0n) is 10.1. The Morgan fingerprint density at radius 2 is 2.00 bits per heavy atom. The summed E-state index contributed by atoms with van der Waals surface area (Å²) in [5.74, 6) is 0.0761. The number of benzene rings is 1. The summed E-state index contributed by atoms with van der Waals surface area (Å²) in [7, 11) is 0. The molecule has 0 aliphatic rings. The topological polar surface area (TPSA) is 58.6 Å². The molecule has 0 radical (unpaired) electrons. The monoisotopic (exact) mass is 237 g/mol. The van der Waals surface area contributed by atoms with Crippen molar-refractivity contribution < 1.29 is 14.6 Å². The summed E-state index contributed by atoms with van der Waals surface area (Å²) in [5, 5.41) is 11.5. The van der Waals surface area contributed by atoms with Gasteiger partial charge in [0.05, 0.1) is 26.4 Å². The molecular weight excluding hydrogens is 218 g/mol. The molecule has 0 aliphatic carbocycles. The maximum absolute atomic E-state index is 11.7. The normalized spacial score (nSPS) is 10.5. The van der Waals surface area contributed by atoms with Crippen LogP contribution >= 0.6 is 0 Å². The van der Waals surface area contributed by atoms with Crippen molar-refractivity contribution in [3.05, 3.63) is 35.4 Å². The van der Waals surface area contributed by atoms with Crippen LogP contribution in [-0.2, 0) is 4.74 Å². The zero-order valence-corrected chi connectivity index (χ0v) is 10.1. The zero-order chi connectivity index (χ0) is 12.5. The van der Waals surface area contributed by atoms with Gasteiger partial charge in [0, 0.05) is 12.1 Å². The molecule has 0 heterocycles. The number of hydrogen-bond acceptors (Lipinski definition) is 4. The van der Waals surface area contributed by atoms with Crippen molar-refractivity contribution in [3.8, 4) is 0 Å². The highest BCUT2D eigenvalue weighted by Crippen LogP contribution is 2.03. The van der Waals surface area contributed by atoms with Gasteiger partial charge in [-0.2, -0.15) is 0 Å². The SMILES string of the molecule is Cc1ccc(C(=O)CNCCOCCO)cc1. The maximum Gasteiger partial charge on any atom is 0.176 e. The molecule has 0 aromatic heterocycles. The van der Waals surface area contributed by atoms with Crippen molar-refractivity contribution in [3.63, 3.8) is 0 Å². The van der Waals surface area contributed by atoms with Gasteiger partial charge in [-0.05, 0) is 6.92 Å². The largest absolute Gasteiger partial charge is 0.394 e. The number of aliphatic hydroxyl groups is 1. The van der Waals surface area contributed by atoms with Crippen molar-refractivity contribution in [1.29, 1.82) is 0 Å². The van der Waals surface area contributed by atoms with E-state index in [1.54, 1.807) is 0 Å². The fourth-order valence-electron chi connectivity index (χ4n) is 1.35. The molecule has 0 bridgehead atoms. The first-order chi connectivity index (χ1) is 8.24. The quantitative estimate of drug-likeness (QED) is 0.518. The molecule has 94 valence electrons. The minimum Gasteiger partial charge on any atom is -0.394 e. The fourth-order valence-corrected chi connectivity index (χ4v) is 1.35. The Morgan fingerprint density at radius 3 is 2.65 bits per heavy atom. The number of aryl methyl sites for hydroxylation is 1. The Labute approximate surface area is 102 Å². The summed E-state index contributed by atoms with van der Waals surface area (Å²) in [4.78, 5) is 11.7. The highest BCUT2D eigenvalue weighted by Gasteiger charge is 2.03. The number of carbonyl (C=O) groups excluding carboxylic acids is 1. The van der Waals surface area contributed by atoms with E-state index < -0.39 is 0 Å². The third-order valence-corrected chi connectivity index (χ3v) is 2.32. The van der Waals surface area contributed by atoms with Crippen LogP contribution in [0, 0.1) is 6.92 Å². The lowest BCUT2D eigenvalue weighted by Gasteiger charge is -2.05. The molecule has 0 unspecified atom stereocenters. The second-order valence-corrected chi connectivity index (χ2v) is 3.80. The molecule has 1 aromatic rings. The van der Waals surface area contributed by atoms with E-state index in [9.17, 15) is 4.79 Å². The number of nitrogens with one attached hydrogen (secondary N) is 1. The van der Waals surface area contributed by atoms with E-state index in [1.165, 1.54) is 0 Å². The third-order valence-electron chi connectivity index (χ3n) is 2.32. The number of ether oxygens (including phenoxy) is 1. The fraction of sp³-hybridized carbons (Fsp3) is 0.462. The van der Waals surface area contributed by atoms with Crippen LogP contribution in [0.1, 0.15) is 15.9 Å². The van der Waals surface area contributed by atoms with E-state index in [2.05, 4.69) is 5.32 Å². The van der Waals surface area contributed by atoms with E-state index in [1.807, 2.05) is 31.2 Å². The molecule has 0 spiro atoms. The predicted octanol–water partition coefficient (Wildman–Crippen LogP) is 0.776. The Hall–Kier alpha value is -1.23. The van der Waals surface area contributed by atoms with Gasteiger partial charge in [0.25, 0.3) is 0 Å². The molecule has 1 aromatic carbocycles. The van der Waals surface area contributed by atoms with Crippen LogP contribution in [0.3, 0.4) is 0 Å². The Balaban J connectivity index is 2.19. The van der Waals surface area contributed by atoms with Gasteiger partial charge in [0.1, 0.15) is 0 Å². The van der Waals surface area contributed by atoms with Crippen molar-refractivity contribution in [2.24, 2.45) is 0 Å². The second kappa shape index (κ2) is 7.95. The van der Waals surface area contributed by atoms with Gasteiger partial charge in [0.15, 0.2) is 5.78 Å². The third kappa shape index (κ3) is 5.58. The van der Waals surface area contributed by atoms with Crippen molar-refractivity contribution in [2.45, 2.75) is 6.92 Å². The van der Waals surface area contributed by atoms with E-state index in [0.717, 1.165) is 11.1 Å². The summed E-state index contributed by atoms with van der Waals surface area (Å²) >= 11 is 0. The highest BCUT2D eigenvalue weighted by molar-refractivity contribution is 5.97. The number of carbonyl (C=O) groups is 1. The number of hydrogen-bond donors (Lipinski definition) is 2. The van der Waals surface area contributed by atoms with Crippen molar-refractivity contribution in [2.75, 3.05) is 32.9 Å². The molecule has 0 saturated heterocycles. The lowest BCUT2D eigenvalue weighted by atomic mass is 10.1. The molecule has 0 aliphatic heterocycles. The minimum absolute atomic E-state index is 0.0301. The minimum atomic E-state index is 0.0301. The highest BCUT2D eigenvalue weighted by atomic mass is 16.5. The maximum atomic E-state index is 11.7. The smallest absolute Gasteiger partial charge is 0.176 e. The summed E-state index contributed by atoms with van der Waals surface area (Å²) in [6, 6.07) is 7.53. The average Bonchev–Trinajstić information content (AvgIpc) is 2.34. The molecule has 1 rings (SSSR count). The summed E-state index contributed by atoms with van der Waals surface area (Å²) in [6.45, 7) is 3.78. The van der Waals surface area contributed by atoms with E-state index in [0.29, 0.717) is 26.3 Å². The van der Waals surface area contributed by atoms with Gasteiger partial charge in [-0.25, -0.2) is 0 Å². The first-order valence-corrected chi connectivity index (χ1v) is 5.73. The van der Waals surface area contributed by atoms with E-state index in [-0.39, 0.29) is 12.4 Å². The summed E-state index contributed by atoms with van der Waals surface area (Å²) in [5.41, 5.74) is 1.87. The van der Waals surface area contributed by atoms with Gasteiger partial charge in [-0.1, -0.05) is 29.8 Å². The molecule has 4 heteroatoms. The number of rotatable bonds is 8. The Kier molecular flexibility index (Phi) is 6.47. The number of aliphatic hydroxyl groups excluding tert-OH is 1. The second-order valence-electron chi connectivity index (χ2n) is 3.80. The molecule has 0 amide bonds. The van der Waals surface area contributed by atoms with E-state index >= 15 is 0 Å². The van der Waals surface area contributed by atoms with Crippen molar-refractivity contribution >= 4 is 5.78 Å². The van der Waals surface area contributed by atoms with Gasteiger partial charge < -0.3 is 15.2 Å². The molecule has 17 heavy (non-hydrogen) atoms. The van der Waals surface area contributed by atoms with Crippen LogP contribution in [0.2, 0.25) is 0 Å². The summed E-state index contributed by atoms with van der Waals surface area (Å²) < 4.78 is 5.06. The van der Waals surface area contributed by atoms with Gasteiger partial charge >= 0.3 is 0 Å². The molecule has 0 saturated carbocycles. The molecule has 0 atom stereocenters. The Morgan fingerprint density at radius 1 is 1.29 bits per heavy atom. The van der Waals surface area contributed by atoms with Gasteiger partial charge in [-0.3, -0.25) is 4.79 Å². The lowest BCUT2D eigenvalue weighted by Crippen LogP contribution is -2.26. The van der Waals surface area contributed by atoms with E-state index in [4.69, 9.17) is 9.84 Å². The number of ketones is 1. The predicted molar refractivity (Wildman–Crippen MR) is 66.3 cm³/mol. The Bertz CT molecular complexity index is 335. The van der Waals surface area contributed by atoms with Crippen LogP contribution in [0.15, 0.2) is 24.3 Å². The molecule has 0 fully saturated rings. The first kappa shape index (κ1) is 13.8. The standard InChI is InChI=1S/C13H19NO3/c1-11-2-4-12(5-3-11)13(16)10-14-6-8-17-9-7-15/h2-5,14-15H,6-10H2,1H3. The van der Waals surface area contributed by atoms with Crippen LogP contribution in [0.25, 0.3) is 0 Å². The van der Waals surface area contributed by atoms with Crippen LogP contribution < -0.4 is 5.32 Å². The molecule has 2 N–H and O–H groups in total. The summed E-state index contributed by atoms with van der Waals surface area (Å²) in [6.07, 6.45) is 0. The lowest BCUT2D eigenvalue weighted by molar-refractivity contribution is 0.0906. The first-order valence-electron chi connectivity index (χ1n) is 5.73. The molecular formula is C13H19NO3. The van der Waals surface area contributed by atoms with Gasteiger partial charge in [0.2, 0.25) is 0 Å². The van der Waals surface area contributed by atoms with Crippen molar-refractivity contribution in [1.82, 2.24) is 5.32 Å². The van der Waals surface area contributed by atoms with Crippen LogP contribution in [-0.4, -0.2) is 43.8 Å². The average molecular weight is 237 g/mol. The molecule has 4 nitrogen and oxygen atoms in total.